The van der Waals surface area contributed by atoms with Crippen molar-refractivity contribution < 1.29 is 18.8 Å². The monoisotopic (exact) mass is 348 g/mol. The van der Waals surface area contributed by atoms with E-state index in [1.807, 2.05) is 25.1 Å². The average Bonchev–Trinajstić information content (AvgIpc) is 2.97. The van der Waals surface area contributed by atoms with Gasteiger partial charge in [-0.1, -0.05) is 17.3 Å². The predicted molar refractivity (Wildman–Crippen MR) is 90.8 cm³/mol. The van der Waals surface area contributed by atoms with Gasteiger partial charge in [0.1, 0.15) is 5.76 Å². The van der Waals surface area contributed by atoms with Gasteiger partial charge in [0.15, 0.2) is 6.10 Å². The number of benzene rings is 1. The van der Waals surface area contributed by atoms with Crippen LogP contribution in [0, 0.1) is 6.92 Å². The third-order valence-electron chi connectivity index (χ3n) is 3.23. The maximum atomic E-state index is 12.4. The first-order valence-electron chi connectivity index (χ1n) is 7.44. The third-order valence-corrected chi connectivity index (χ3v) is 4.34. The van der Waals surface area contributed by atoms with Crippen molar-refractivity contribution in [3.8, 4) is 0 Å². The van der Waals surface area contributed by atoms with Crippen LogP contribution in [0.3, 0.4) is 0 Å². The van der Waals surface area contributed by atoms with E-state index >= 15 is 0 Å². The maximum Gasteiger partial charge on any atom is 0.340 e. The molecule has 0 saturated heterocycles. The summed E-state index contributed by atoms with van der Waals surface area (Å²) in [5.41, 5.74) is 1.23. The lowest BCUT2D eigenvalue weighted by molar-refractivity contribution is -0.137. The van der Waals surface area contributed by atoms with E-state index in [2.05, 4.69) is 5.16 Å². The highest BCUT2D eigenvalue weighted by atomic mass is 32.2. The van der Waals surface area contributed by atoms with E-state index in [0.29, 0.717) is 11.3 Å². The van der Waals surface area contributed by atoms with Crippen LogP contribution in [0.1, 0.15) is 28.7 Å². The van der Waals surface area contributed by atoms with Crippen molar-refractivity contribution in [3.05, 3.63) is 47.3 Å². The van der Waals surface area contributed by atoms with Crippen molar-refractivity contribution in [3.63, 3.8) is 0 Å². The van der Waals surface area contributed by atoms with Crippen molar-refractivity contribution in [2.75, 3.05) is 14.1 Å². The molecule has 0 N–H and O–H groups in total. The summed E-state index contributed by atoms with van der Waals surface area (Å²) in [6.45, 7) is 3.39. The number of nitrogens with zero attached hydrogens (tertiary/aromatic N) is 2. The van der Waals surface area contributed by atoms with E-state index in [-0.39, 0.29) is 5.91 Å². The van der Waals surface area contributed by atoms with Crippen LogP contribution in [0.15, 0.2) is 39.8 Å². The highest BCUT2D eigenvalue weighted by Crippen LogP contribution is 2.27. The number of thioether (sulfide) groups is 1. The number of esters is 1. The third kappa shape index (κ3) is 4.61. The standard InChI is InChI=1S/C17H20N2O4S/c1-11-9-13(18-23-11)10-24-15-8-6-5-7-14(15)17(21)22-12(2)16(20)19(3)4/h5-9,12H,10H2,1-4H3/t12-/m0/s1. The van der Waals surface area contributed by atoms with Crippen LogP contribution in [-0.4, -0.2) is 42.1 Å². The van der Waals surface area contributed by atoms with Gasteiger partial charge in [-0.2, -0.15) is 0 Å². The Bertz CT molecular complexity index is 727. The van der Waals surface area contributed by atoms with Gasteiger partial charge in [-0.25, -0.2) is 4.79 Å². The number of hydrogen-bond donors (Lipinski definition) is 0. The Labute approximate surface area is 145 Å². The van der Waals surface area contributed by atoms with E-state index in [0.717, 1.165) is 16.3 Å². The SMILES string of the molecule is Cc1cc(CSc2ccccc2C(=O)O[C@@H](C)C(=O)N(C)C)no1. The van der Waals surface area contributed by atoms with Gasteiger partial charge >= 0.3 is 5.97 Å². The molecule has 2 rings (SSSR count). The van der Waals surface area contributed by atoms with Crippen molar-refractivity contribution >= 4 is 23.6 Å². The van der Waals surface area contributed by atoms with E-state index in [1.54, 1.807) is 33.2 Å². The predicted octanol–water partition coefficient (Wildman–Crippen LogP) is 2.91. The van der Waals surface area contributed by atoms with Crippen molar-refractivity contribution in [1.29, 1.82) is 0 Å². The molecule has 7 heteroatoms. The number of likely N-dealkylation sites (N-methyl/N-ethyl adjacent to an activating group) is 1. The number of aromatic nitrogens is 1. The molecule has 0 radical (unpaired) electrons. The highest BCUT2D eigenvalue weighted by molar-refractivity contribution is 7.98. The molecule has 2 aromatic rings. The lowest BCUT2D eigenvalue weighted by Crippen LogP contribution is -2.35. The minimum absolute atomic E-state index is 0.258. The molecule has 24 heavy (non-hydrogen) atoms. The largest absolute Gasteiger partial charge is 0.449 e. The fraction of sp³-hybridized carbons (Fsp3) is 0.353. The summed E-state index contributed by atoms with van der Waals surface area (Å²) < 4.78 is 10.3. The molecule has 128 valence electrons. The Morgan fingerprint density at radius 1 is 1.33 bits per heavy atom. The lowest BCUT2D eigenvalue weighted by atomic mass is 10.2. The molecule has 0 fully saturated rings. The summed E-state index contributed by atoms with van der Waals surface area (Å²) in [5.74, 6) is 0.548. The molecule has 0 aliphatic rings. The number of carbonyl (C=O) groups excluding carboxylic acids is 2. The van der Waals surface area contributed by atoms with Gasteiger partial charge in [-0.3, -0.25) is 4.79 Å². The minimum atomic E-state index is -0.830. The van der Waals surface area contributed by atoms with Gasteiger partial charge < -0.3 is 14.2 Å². The van der Waals surface area contributed by atoms with Crippen molar-refractivity contribution in [2.24, 2.45) is 0 Å². The van der Waals surface area contributed by atoms with Crippen LogP contribution >= 0.6 is 11.8 Å². The normalized spacial score (nSPS) is 11.8. The molecule has 0 bridgehead atoms. The molecular formula is C17H20N2O4S. The zero-order chi connectivity index (χ0) is 17.7. The molecule has 0 unspecified atom stereocenters. The van der Waals surface area contributed by atoms with E-state index in [4.69, 9.17) is 9.26 Å². The minimum Gasteiger partial charge on any atom is -0.449 e. The molecular weight excluding hydrogens is 328 g/mol. The number of ether oxygens (including phenoxy) is 1. The Morgan fingerprint density at radius 3 is 2.67 bits per heavy atom. The quantitative estimate of drug-likeness (QED) is 0.590. The van der Waals surface area contributed by atoms with Crippen LogP contribution in [0.5, 0.6) is 0 Å². The summed E-state index contributed by atoms with van der Waals surface area (Å²) in [6, 6.07) is 8.99. The van der Waals surface area contributed by atoms with Gasteiger partial charge in [0, 0.05) is 30.8 Å². The van der Waals surface area contributed by atoms with Gasteiger partial charge in [-0.05, 0) is 26.0 Å². The number of amides is 1. The Morgan fingerprint density at radius 2 is 2.04 bits per heavy atom. The summed E-state index contributed by atoms with van der Waals surface area (Å²) in [7, 11) is 3.24. The number of rotatable bonds is 6. The maximum absolute atomic E-state index is 12.4. The van der Waals surface area contributed by atoms with Crippen molar-refractivity contribution in [1.82, 2.24) is 10.1 Å². The second-order valence-corrected chi connectivity index (χ2v) is 6.51. The van der Waals surface area contributed by atoms with Gasteiger partial charge in [0.25, 0.3) is 5.91 Å². The van der Waals surface area contributed by atoms with E-state index < -0.39 is 12.1 Å². The molecule has 1 amide bonds. The summed E-state index contributed by atoms with van der Waals surface area (Å²) in [4.78, 5) is 26.4. The van der Waals surface area contributed by atoms with Gasteiger partial charge in [-0.15, -0.1) is 11.8 Å². The highest BCUT2D eigenvalue weighted by Gasteiger charge is 2.22. The lowest BCUT2D eigenvalue weighted by Gasteiger charge is -2.18. The summed E-state index contributed by atoms with van der Waals surface area (Å²) in [6.07, 6.45) is -0.830. The van der Waals surface area contributed by atoms with Crippen LogP contribution in [0.25, 0.3) is 0 Å². The number of hydrogen-bond acceptors (Lipinski definition) is 6. The van der Waals surface area contributed by atoms with Crippen LogP contribution in [-0.2, 0) is 15.3 Å². The zero-order valence-corrected chi connectivity index (χ0v) is 14.9. The van der Waals surface area contributed by atoms with E-state index in [9.17, 15) is 9.59 Å². The zero-order valence-electron chi connectivity index (χ0n) is 14.1. The topological polar surface area (TPSA) is 72.6 Å². The second-order valence-electron chi connectivity index (χ2n) is 5.49. The van der Waals surface area contributed by atoms with Crippen LogP contribution < -0.4 is 0 Å². The summed E-state index contributed by atoms with van der Waals surface area (Å²) in [5, 5.41) is 3.93. The summed E-state index contributed by atoms with van der Waals surface area (Å²) >= 11 is 1.46. The average molecular weight is 348 g/mol. The van der Waals surface area contributed by atoms with Crippen LogP contribution in [0.4, 0.5) is 0 Å². The van der Waals surface area contributed by atoms with Gasteiger partial charge in [0.05, 0.1) is 11.3 Å². The fourth-order valence-electron chi connectivity index (χ4n) is 2.04. The second kappa shape index (κ2) is 8.01. The molecule has 1 aromatic carbocycles. The first-order chi connectivity index (χ1) is 11.4. The molecule has 0 aliphatic carbocycles. The molecule has 6 nitrogen and oxygen atoms in total. The Balaban J connectivity index is 2.07. The smallest absolute Gasteiger partial charge is 0.340 e. The van der Waals surface area contributed by atoms with E-state index in [1.165, 1.54) is 16.7 Å². The fourth-order valence-corrected chi connectivity index (χ4v) is 2.96. The Kier molecular flexibility index (Phi) is 6.03. The van der Waals surface area contributed by atoms with Gasteiger partial charge in [0.2, 0.25) is 0 Å². The molecule has 0 spiro atoms. The van der Waals surface area contributed by atoms with Crippen LogP contribution in [0.2, 0.25) is 0 Å². The molecule has 0 saturated carbocycles. The first kappa shape index (κ1) is 18.1. The Hall–Kier alpha value is -2.28. The molecule has 0 aliphatic heterocycles. The number of carbonyl (C=O) groups is 2. The molecule has 1 aromatic heterocycles. The van der Waals surface area contributed by atoms with Crippen molar-refractivity contribution in [2.45, 2.75) is 30.6 Å². The molecule has 1 heterocycles. The number of aryl methyl sites for hydroxylation is 1. The first-order valence-corrected chi connectivity index (χ1v) is 8.43. The molecule has 1 atom stereocenters.